The minimum Gasteiger partial charge on any atom is -0.497 e. The van der Waals surface area contributed by atoms with Gasteiger partial charge in [0.15, 0.2) is 0 Å². The van der Waals surface area contributed by atoms with E-state index in [0.29, 0.717) is 11.8 Å². The van der Waals surface area contributed by atoms with Crippen LogP contribution >= 0.6 is 0 Å². The number of carbonyl (C=O) groups is 1. The Hall–Kier alpha value is -1.51. The van der Waals surface area contributed by atoms with Crippen molar-refractivity contribution >= 4 is 5.97 Å². The predicted molar refractivity (Wildman–Crippen MR) is 86.1 cm³/mol. The van der Waals surface area contributed by atoms with Gasteiger partial charge in [-0.3, -0.25) is 4.79 Å². The maximum atomic E-state index is 12.5. The molecule has 2 aliphatic carbocycles. The van der Waals surface area contributed by atoms with Crippen LogP contribution in [0.3, 0.4) is 0 Å². The van der Waals surface area contributed by atoms with Gasteiger partial charge in [0.2, 0.25) is 0 Å². The maximum Gasteiger partial charge on any atom is 0.311 e. The van der Waals surface area contributed by atoms with E-state index in [-0.39, 0.29) is 17.3 Å². The Morgan fingerprint density at radius 2 is 2.14 bits per heavy atom. The van der Waals surface area contributed by atoms with Crippen LogP contribution in [0.25, 0.3) is 0 Å². The molecule has 3 heteroatoms. The highest BCUT2D eigenvalue weighted by atomic mass is 16.5. The molecule has 3 nitrogen and oxygen atoms in total. The smallest absolute Gasteiger partial charge is 0.311 e. The molecule has 0 saturated heterocycles. The molecular formula is C19H26O3. The monoisotopic (exact) mass is 304 g/mol. The van der Waals surface area contributed by atoms with Gasteiger partial charge in [0.25, 0.3) is 0 Å². The van der Waals surface area contributed by atoms with Crippen molar-refractivity contribution in [2.45, 2.75) is 51.4 Å². The zero-order valence-electron chi connectivity index (χ0n) is 15.0. The summed E-state index contributed by atoms with van der Waals surface area (Å²) in [4.78, 5) is 12.5. The maximum absolute atomic E-state index is 12.5. The molecule has 1 saturated carbocycles. The Bertz CT molecular complexity index is 642. The number of methoxy groups -OCH3 is 2. The van der Waals surface area contributed by atoms with Crippen LogP contribution < -0.4 is 4.74 Å². The Kier molecular flexibility index (Phi) is 3.39. The molecular weight excluding hydrogens is 276 g/mol. The van der Waals surface area contributed by atoms with Crippen LogP contribution in [0, 0.1) is 11.3 Å². The summed E-state index contributed by atoms with van der Waals surface area (Å²) in [6.45, 7) is 4.35. The first kappa shape index (κ1) is 14.1. The van der Waals surface area contributed by atoms with Crippen LogP contribution in [0.2, 0.25) is 0 Å². The van der Waals surface area contributed by atoms with Crippen molar-refractivity contribution in [1.82, 2.24) is 0 Å². The second kappa shape index (κ2) is 5.29. The largest absolute Gasteiger partial charge is 0.497 e. The van der Waals surface area contributed by atoms with E-state index in [1.807, 2.05) is 12.1 Å². The van der Waals surface area contributed by atoms with Gasteiger partial charge in [-0.25, -0.2) is 0 Å². The lowest BCUT2D eigenvalue weighted by molar-refractivity contribution is -0.161. The summed E-state index contributed by atoms with van der Waals surface area (Å²) in [5.41, 5.74) is 2.02. The third-order valence-corrected chi connectivity index (χ3v) is 6.13. The van der Waals surface area contributed by atoms with Gasteiger partial charge in [0, 0.05) is 0 Å². The Labute approximate surface area is 134 Å². The first-order chi connectivity index (χ1) is 10.9. The number of aryl methyl sites for hydroxylation is 1. The average Bonchev–Trinajstić information content (AvgIpc) is 2.53. The molecule has 3 atom stereocenters. The molecule has 0 amide bonds. The molecule has 0 heterocycles. The van der Waals surface area contributed by atoms with Gasteiger partial charge in [0.1, 0.15) is 5.75 Å². The molecule has 0 aromatic heterocycles. The zero-order valence-corrected chi connectivity index (χ0v) is 14.0. The highest BCUT2D eigenvalue weighted by Gasteiger charge is 2.55. The van der Waals surface area contributed by atoms with Crippen LogP contribution in [-0.4, -0.2) is 20.2 Å². The first-order valence-electron chi connectivity index (χ1n) is 8.63. The van der Waals surface area contributed by atoms with E-state index in [2.05, 4.69) is 13.8 Å². The van der Waals surface area contributed by atoms with Crippen LogP contribution in [0.15, 0.2) is 18.2 Å². The summed E-state index contributed by atoms with van der Waals surface area (Å²) in [6.07, 6.45) is 4.86. The number of hydrogen-bond donors (Lipinski definition) is 0. The van der Waals surface area contributed by atoms with E-state index in [1.165, 1.54) is 18.2 Å². The van der Waals surface area contributed by atoms with Gasteiger partial charge in [-0.05, 0) is 67.2 Å². The summed E-state index contributed by atoms with van der Waals surface area (Å²) in [7, 11) is 3.10. The zero-order chi connectivity index (χ0) is 16.8. The number of fused-ring (bicyclic) bond motifs is 3. The molecule has 3 rings (SSSR count). The lowest BCUT2D eigenvalue weighted by Crippen LogP contribution is -2.52. The molecule has 1 fully saturated rings. The van der Waals surface area contributed by atoms with Gasteiger partial charge in [-0.2, -0.15) is 0 Å². The number of rotatable bonds is 2. The second-order valence-electron chi connectivity index (χ2n) is 7.21. The average molecular weight is 304 g/mol. The summed E-state index contributed by atoms with van der Waals surface area (Å²) >= 11 is 0. The summed E-state index contributed by atoms with van der Waals surface area (Å²) in [5.74, 6) is 0.807. The fourth-order valence-electron chi connectivity index (χ4n) is 4.97. The molecule has 1 unspecified atom stereocenters. The van der Waals surface area contributed by atoms with Crippen molar-refractivity contribution in [2.75, 3.05) is 14.2 Å². The molecule has 1 aromatic rings. The molecule has 0 bridgehead atoms. The SMILES string of the molecule is [3H]c1cc2c(cc1OC)[C@]1(C)CCC[C@](C)(C(=O)OC)C1CC2. The van der Waals surface area contributed by atoms with E-state index >= 15 is 0 Å². The van der Waals surface area contributed by atoms with Crippen molar-refractivity contribution in [3.63, 3.8) is 0 Å². The summed E-state index contributed by atoms with van der Waals surface area (Å²) in [5, 5.41) is 0. The Balaban J connectivity index is 2.12. The molecule has 120 valence electrons. The fourth-order valence-corrected chi connectivity index (χ4v) is 4.97. The highest BCUT2D eigenvalue weighted by molar-refractivity contribution is 5.77. The van der Waals surface area contributed by atoms with E-state index < -0.39 is 5.41 Å². The van der Waals surface area contributed by atoms with Gasteiger partial charge >= 0.3 is 5.97 Å². The van der Waals surface area contributed by atoms with Crippen LogP contribution in [0.4, 0.5) is 0 Å². The topological polar surface area (TPSA) is 35.5 Å². The minimum absolute atomic E-state index is 0.0598. The standard InChI is InChI=1S/C19H26O3/c1-18-10-5-11-19(2,17(20)22-4)16(18)9-7-13-6-8-14(21-3)12-15(13)18/h6,8,12,16H,5,7,9-11H2,1-4H3/t16?,18-,19-/m0/s1/i8T. The highest BCUT2D eigenvalue weighted by Crippen LogP contribution is 2.57. The van der Waals surface area contributed by atoms with Crippen LogP contribution in [0.1, 0.15) is 52.0 Å². The number of hydrogen-bond acceptors (Lipinski definition) is 3. The third kappa shape index (κ3) is 2.05. The molecule has 0 spiro atoms. The quantitative estimate of drug-likeness (QED) is 0.778. The van der Waals surface area contributed by atoms with E-state index in [4.69, 9.17) is 10.8 Å². The van der Waals surface area contributed by atoms with Crippen molar-refractivity contribution in [1.29, 1.82) is 0 Å². The molecule has 1 aromatic carbocycles. The third-order valence-electron chi connectivity index (χ3n) is 6.13. The number of ether oxygens (including phenoxy) is 2. The second-order valence-corrected chi connectivity index (χ2v) is 7.21. The van der Waals surface area contributed by atoms with Crippen molar-refractivity contribution in [3.8, 4) is 5.75 Å². The molecule has 0 radical (unpaired) electrons. The van der Waals surface area contributed by atoms with Gasteiger partial charge in [-0.15, -0.1) is 0 Å². The number of esters is 1. The number of carbonyl (C=O) groups excluding carboxylic acids is 1. The van der Waals surface area contributed by atoms with Crippen molar-refractivity contribution in [2.24, 2.45) is 11.3 Å². The minimum atomic E-state index is -0.424. The van der Waals surface area contributed by atoms with Gasteiger partial charge < -0.3 is 9.47 Å². The van der Waals surface area contributed by atoms with Crippen molar-refractivity contribution in [3.05, 3.63) is 29.3 Å². The molecule has 22 heavy (non-hydrogen) atoms. The lowest BCUT2D eigenvalue weighted by atomic mass is 9.50. The fraction of sp³-hybridized carbons (Fsp3) is 0.632. The summed E-state index contributed by atoms with van der Waals surface area (Å²) in [6, 6.07) is 4.42. The normalized spacial score (nSPS) is 34.2. The molecule has 0 aliphatic heterocycles. The number of benzene rings is 1. The van der Waals surface area contributed by atoms with E-state index in [1.54, 1.807) is 7.11 Å². The first-order valence-corrected chi connectivity index (χ1v) is 8.13. The lowest BCUT2D eigenvalue weighted by Gasteiger charge is -2.54. The Morgan fingerprint density at radius 1 is 1.36 bits per heavy atom. The summed E-state index contributed by atoms with van der Waals surface area (Å²) < 4.78 is 18.6. The Morgan fingerprint density at radius 3 is 2.82 bits per heavy atom. The molecule has 2 aliphatic rings. The van der Waals surface area contributed by atoms with Crippen LogP contribution in [-0.2, 0) is 21.4 Å². The van der Waals surface area contributed by atoms with Gasteiger partial charge in [0.05, 0.1) is 21.0 Å². The molecule has 0 N–H and O–H groups in total. The van der Waals surface area contributed by atoms with Crippen LogP contribution in [0.5, 0.6) is 5.75 Å². The van der Waals surface area contributed by atoms with Gasteiger partial charge in [-0.1, -0.05) is 19.4 Å². The predicted octanol–water partition coefficient (Wildman–Crippen LogP) is 3.88. The van der Waals surface area contributed by atoms with E-state index in [9.17, 15) is 4.79 Å². The van der Waals surface area contributed by atoms with Crippen molar-refractivity contribution < 1.29 is 15.6 Å². The van der Waals surface area contributed by atoms with E-state index in [0.717, 1.165) is 32.1 Å².